The van der Waals surface area contributed by atoms with Crippen LogP contribution in [0.1, 0.15) is 45.6 Å². The van der Waals surface area contributed by atoms with Crippen LogP contribution in [0.2, 0.25) is 5.02 Å². The van der Waals surface area contributed by atoms with Crippen molar-refractivity contribution in [2.45, 2.75) is 50.1 Å². The Kier molecular flexibility index (Phi) is 6.67. The number of nitriles is 1. The molecule has 0 aliphatic heterocycles. The lowest BCUT2D eigenvalue weighted by Crippen LogP contribution is -2.72. The molecule has 12 heteroatoms. The first-order valence-electron chi connectivity index (χ1n) is 9.44. The van der Waals surface area contributed by atoms with E-state index in [4.69, 9.17) is 11.6 Å². The first kappa shape index (κ1) is 24.2. The topological polar surface area (TPSA) is 64.9 Å². The molecule has 0 atom stereocenters. The van der Waals surface area contributed by atoms with Crippen molar-refractivity contribution in [2.75, 3.05) is 5.32 Å². The van der Waals surface area contributed by atoms with Crippen LogP contribution in [0.5, 0.6) is 0 Å². The highest BCUT2D eigenvalue weighted by Crippen LogP contribution is 2.47. The number of carbonyl (C=O) groups is 1. The minimum Gasteiger partial charge on any atom is -0.338 e. The molecule has 2 aromatic rings. The summed E-state index contributed by atoms with van der Waals surface area (Å²) in [6.07, 6.45) is -8.88. The Balaban J connectivity index is 2.09. The zero-order valence-corrected chi connectivity index (χ0v) is 17.8. The third kappa shape index (κ3) is 4.52. The summed E-state index contributed by atoms with van der Waals surface area (Å²) in [5.41, 5.74) is -5.06. The maximum absolute atomic E-state index is 14.0. The number of alkyl halides is 6. The molecule has 1 aromatic heterocycles. The van der Waals surface area contributed by atoms with Gasteiger partial charge in [-0.3, -0.25) is 4.79 Å². The van der Waals surface area contributed by atoms with Gasteiger partial charge in [0.1, 0.15) is 11.1 Å². The Bertz CT molecular complexity index is 1030. The molecule has 0 saturated carbocycles. The largest absolute Gasteiger partial charge is 0.439 e. The van der Waals surface area contributed by atoms with Crippen LogP contribution in [0.15, 0.2) is 24.3 Å². The molecule has 1 aliphatic carbocycles. The summed E-state index contributed by atoms with van der Waals surface area (Å²) in [7, 11) is 0. The predicted octanol–water partition coefficient (Wildman–Crippen LogP) is 6.20. The van der Waals surface area contributed by atoms with Crippen molar-refractivity contribution in [3.63, 3.8) is 0 Å². The molecule has 32 heavy (non-hydrogen) atoms. The Morgan fingerprint density at radius 1 is 1.00 bits per heavy atom. The second kappa shape index (κ2) is 8.83. The van der Waals surface area contributed by atoms with Crippen LogP contribution in [0.25, 0.3) is 0 Å². The van der Waals surface area contributed by atoms with Crippen LogP contribution in [0.3, 0.4) is 0 Å². The second-order valence-corrected chi connectivity index (χ2v) is 8.75. The molecule has 1 aromatic carbocycles. The third-order valence-electron chi connectivity index (χ3n) is 5.09. The van der Waals surface area contributed by atoms with Gasteiger partial charge in [0.25, 0.3) is 5.91 Å². The second-order valence-electron chi connectivity index (χ2n) is 7.21. The van der Waals surface area contributed by atoms with Crippen LogP contribution in [0.4, 0.5) is 31.3 Å². The van der Waals surface area contributed by atoms with Crippen molar-refractivity contribution in [3.8, 4) is 6.07 Å². The van der Waals surface area contributed by atoms with Gasteiger partial charge >= 0.3 is 18.0 Å². The molecule has 1 heterocycles. The molecule has 0 fully saturated rings. The molecule has 0 bridgehead atoms. The fraction of sp³-hybridized carbons (Fsp3) is 0.400. The third-order valence-corrected chi connectivity index (χ3v) is 6.55. The van der Waals surface area contributed by atoms with E-state index in [9.17, 15) is 36.4 Å². The molecule has 1 amide bonds. The van der Waals surface area contributed by atoms with E-state index in [1.165, 1.54) is 5.32 Å². The summed E-state index contributed by atoms with van der Waals surface area (Å²) in [6.45, 7) is 0. The van der Waals surface area contributed by atoms with Crippen LogP contribution >= 0.6 is 22.9 Å². The van der Waals surface area contributed by atoms with E-state index < -0.39 is 34.5 Å². The SMILES string of the molecule is N#Cc1c(NC(NC(=O)c2ccc(Cl)cc2)(C(F)(F)F)C(F)(F)F)sc2c1CCCCC2. The Labute approximate surface area is 188 Å². The van der Waals surface area contributed by atoms with Crippen molar-refractivity contribution in [1.29, 1.82) is 5.26 Å². The molecular formula is C20H16ClF6N3OS. The van der Waals surface area contributed by atoms with Crippen LogP contribution in [0, 0.1) is 11.3 Å². The Morgan fingerprint density at radius 2 is 1.59 bits per heavy atom. The number of nitrogens with zero attached hydrogens (tertiary/aromatic N) is 1. The number of rotatable bonds is 4. The van der Waals surface area contributed by atoms with Gasteiger partial charge in [0.2, 0.25) is 0 Å². The monoisotopic (exact) mass is 495 g/mol. The fourth-order valence-electron chi connectivity index (χ4n) is 3.44. The van der Waals surface area contributed by atoms with Crippen LogP contribution < -0.4 is 10.6 Å². The molecule has 0 saturated heterocycles. The molecule has 0 unspecified atom stereocenters. The first-order chi connectivity index (χ1) is 14.9. The van der Waals surface area contributed by atoms with Crippen molar-refractivity contribution in [1.82, 2.24) is 5.32 Å². The zero-order chi connectivity index (χ0) is 23.7. The highest BCUT2D eigenvalue weighted by Gasteiger charge is 2.73. The van der Waals surface area contributed by atoms with E-state index >= 15 is 0 Å². The maximum Gasteiger partial charge on any atom is 0.439 e. The lowest BCUT2D eigenvalue weighted by atomic mass is 10.0. The minimum atomic E-state index is -5.98. The number of hydrogen-bond acceptors (Lipinski definition) is 4. The van der Waals surface area contributed by atoms with Crippen molar-refractivity contribution >= 4 is 33.8 Å². The number of fused-ring (bicyclic) bond motifs is 1. The summed E-state index contributed by atoms with van der Waals surface area (Å²) in [5, 5.41) is 11.6. The molecule has 0 radical (unpaired) electrons. The molecule has 3 rings (SSSR count). The van der Waals surface area contributed by atoms with Crippen molar-refractivity contribution < 1.29 is 31.1 Å². The molecular weight excluding hydrogens is 480 g/mol. The average Bonchev–Trinajstić information content (AvgIpc) is 2.85. The van der Waals surface area contributed by atoms with Gasteiger partial charge in [0.05, 0.1) is 5.56 Å². The van der Waals surface area contributed by atoms with E-state index in [0.717, 1.165) is 42.4 Å². The smallest absolute Gasteiger partial charge is 0.338 e. The minimum absolute atomic E-state index is 0.149. The van der Waals surface area contributed by atoms with Gasteiger partial charge < -0.3 is 10.6 Å². The number of aryl methyl sites for hydroxylation is 1. The maximum atomic E-state index is 14.0. The van der Waals surface area contributed by atoms with Gasteiger partial charge in [0.15, 0.2) is 0 Å². The standard InChI is InChI=1S/C20H16ClF6N3OS/c21-12-8-6-11(7-9-12)16(31)29-18(19(22,23)24,20(25,26)27)30-17-14(10-28)13-4-2-1-3-5-15(13)32-17/h6-9,30H,1-5H2,(H,29,31). The number of nitrogens with one attached hydrogen (secondary N) is 2. The highest BCUT2D eigenvalue weighted by molar-refractivity contribution is 7.16. The summed E-state index contributed by atoms with van der Waals surface area (Å²) >= 11 is 6.34. The van der Waals surface area contributed by atoms with Gasteiger partial charge in [-0.2, -0.15) is 31.6 Å². The number of carbonyl (C=O) groups excluding carboxylic acids is 1. The number of halogens is 7. The first-order valence-corrected chi connectivity index (χ1v) is 10.6. The van der Waals surface area contributed by atoms with Gasteiger partial charge in [-0.1, -0.05) is 18.0 Å². The van der Waals surface area contributed by atoms with E-state index in [0.29, 0.717) is 41.0 Å². The number of benzene rings is 1. The molecule has 1 aliphatic rings. The summed E-state index contributed by atoms with van der Waals surface area (Å²) in [5.74, 6) is -1.61. The van der Waals surface area contributed by atoms with Gasteiger partial charge in [-0.15, -0.1) is 11.3 Å². The molecule has 172 valence electrons. The molecule has 4 nitrogen and oxygen atoms in total. The molecule has 0 spiro atoms. The Morgan fingerprint density at radius 3 is 2.16 bits per heavy atom. The summed E-state index contributed by atoms with van der Waals surface area (Å²) in [6, 6.07) is 6.07. The normalized spacial score (nSPS) is 14.8. The number of hydrogen-bond donors (Lipinski definition) is 2. The van der Waals surface area contributed by atoms with Crippen LogP contribution in [-0.2, 0) is 12.8 Å². The zero-order valence-electron chi connectivity index (χ0n) is 16.3. The van der Waals surface area contributed by atoms with E-state index in [1.54, 1.807) is 6.07 Å². The summed E-state index contributed by atoms with van der Waals surface area (Å²) < 4.78 is 83.9. The van der Waals surface area contributed by atoms with Crippen LogP contribution in [-0.4, -0.2) is 23.9 Å². The van der Waals surface area contributed by atoms with Crippen molar-refractivity contribution in [2.24, 2.45) is 0 Å². The Hall–Kier alpha value is -2.45. The number of amides is 1. The quantitative estimate of drug-likeness (QED) is 0.301. The lowest BCUT2D eigenvalue weighted by molar-refractivity contribution is -0.293. The van der Waals surface area contributed by atoms with E-state index in [-0.39, 0.29) is 10.6 Å². The molecule has 2 N–H and O–H groups in total. The number of thiophene rings is 1. The number of anilines is 1. The van der Waals surface area contributed by atoms with Gasteiger partial charge in [-0.25, -0.2) is 0 Å². The summed E-state index contributed by atoms with van der Waals surface area (Å²) in [4.78, 5) is 13.0. The van der Waals surface area contributed by atoms with E-state index in [2.05, 4.69) is 0 Å². The predicted molar refractivity (Wildman–Crippen MR) is 108 cm³/mol. The average molecular weight is 496 g/mol. The fourth-order valence-corrected chi connectivity index (χ4v) is 4.86. The lowest BCUT2D eigenvalue weighted by Gasteiger charge is -2.38. The van der Waals surface area contributed by atoms with Gasteiger partial charge in [0, 0.05) is 15.5 Å². The van der Waals surface area contributed by atoms with Crippen molar-refractivity contribution in [3.05, 3.63) is 50.9 Å². The van der Waals surface area contributed by atoms with E-state index in [1.807, 2.05) is 0 Å². The van der Waals surface area contributed by atoms with Gasteiger partial charge in [-0.05, 0) is 55.5 Å². The highest BCUT2D eigenvalue weighted by atomic mass is 35.5.